The highest BCUT2D eigenvalue weighted by Gasteiger charge is 2.56. The molecule has 0 radical (unpaired) electrons. The number of carbonyl (C=O) groups is 1. The van der Waals surface area contributed by atoms with Crippen LogP contribution in [0.4, 0.5) is 23.5 Å². The number of aliphatic hydroxyl groups excluding tert-OH is 5. The molecule has 4 fully saturated rings. The van der Waals surface area contributed by atoms with Crippen LogP contribution in [0.5, 0.6) is 0 Å². The minimum atomic E-state index is -6.34. The van der Waals surface area contributed by atoms with Gasteiger partial charge in [0.15, 0.2) is 64.9 Å². The van der Waals surface area contributed by atoms with E-state index in [4.69, 9.17) is 68.0 Å². The zero-order valence-electron chi connectivity index (χ0n) is 50.5. The molecule has 0 spiro atoms. The Hall–Kier alpha value is -6.77. The predicted molar refractivity (Wildman–Crippen MR) is 317 cm³/mol. The summed E-state index contributed by atoms with van der Waals surface area (Å²) in [5, 5.41) is 58.4. The van der Waals surface area contributed by atoms with Crippen molar-refractivity contribution in [2.75, 3.05) is 57.4 Å². The Morgan fingerprint density at radius 1 is 0.606 bits per heavy atom. The summed E-state index contributed by atoms with van der Waals surface area (Å²) in [7, 11) is -25.9. The number of ketones is 1. The van der Waals surface area contributed by atoms with E-state index in [9.17, 15) is 87.2 Å². The van der Waals surface area contributed by atoms with Crippen LogP contribution < -0.4 is 38.2 Å². The number of aromatic nitrogens is 14. The molecule has 0 aliphatic carbocycles. The lowest BCUT2D eigenvalue weighted by Gasteiger charge is -2.27. The summed E-state index contributed by atoms with van der Waals surface area (Å²) in [6.07, 6.45) is -24.2. The molecule has 99 heavy (non-hydrogen) atoms. The van der Waals surface area contributed by atoms with Gasteiger partial charge in [0.1, 0.15) is 90.9 Å². The highest BCUT2D eigenvalue weighted by molar-refractivity contribution is 7.66. The summed E-state index contributed by atoms with van der Waals surface area (Å²) < 4.78 is 142. The molecule has 7 aromatic rings. The van der Waals surface area contributed by atoms with Gasteiger partial charge in [-0.3, -0.25) is 69.8 Å². The number of carbonyl (C=O) groups excluding carboxylic acids is 1. The number of amidine groups is 1. The molecular formula is C44H59N19O31P5+. The average molecular weight is 1500 g/mol. The number of hydrogen-bond donors (Lipinski definition) is 16. The minimum absolute atomic E-state index is 0.0128. The second-order valence-corrected chi connectivity index (χ2v) is 29.5. The van der Waals surface area contributed by atoms with Gasteiger partial charge in [-0.25, -0.2) is 57.3 Å². The number of imidazole rings is 4. The number of nitrogens with one attached hydrogen (secondary N) is 3. The highest BCUT2D eigenvalue weighted by Crippen LogP contribution is 2.68. The number of phosphoric ester groups is 4. The molecule has 5 unspecified atom stereocenters. The Bertz CT molecular complexity index is 4690. The molecule has 4 saturated heterocycles. The number of hydrogen-bond acceptors (Lipinski definition) is 38. The van der Waals surface area contributed by atoms with E-state index in [2.05, 4.69) is 63.8 Å². The number of Topliss-reactive ketones (excluding diaryl/α,β-unsaturated/α-hetero) is 1. The molecular weight excluding hydrogens is 1450 g/mol. The number of methoxy groups -OCH3 is 1. The van der Waals surface area contributed by atoms with Crippen molar-refractivity contribution in [2.24, 2.45) is 17.8 Å². The van der Waals surface area contributed by atoms with Crippen molar-refractivity contribution >= 4 is 108 Å². The van der Waals surface area contributed by atoms with Crippen LogP contribution in [0.2, 0.25) is 0 Å². The largest absolute Gasteiger partial charge is 0.490 e. The first-order chi connectivity index (χ1) is 46.6. The fraction of sp³-hybridized carbons (Fsp3) is 0.545. The first-order valence-corrected chi connectivity index (χ1v) is 35.9. The maximum atomic E-state index is 14.3. The lowest BCUT2D eigenvalue weighted by Crippen LogP contribution is -2.46. The number of nitrogens with two attached hydrogens (primary N) is 3. The Kier molecular flexibility index (Phi) is 19.8. The van der Waals surface area contributed by atoms with E-state index in [1.807, 2.05) is 0 Å². The summed E-state index contributed by atoms with van der Waals surface area (Å²) in [5.74, 6) is -1.33. The van der Waals surface area contributed by atoms with Gasteiger partial charge in [0.25, 0.3) is 17.1 Å². The number of nitrogen functional groups attached to an aromatic ring is 2. The number of nitrogens with zero attached hydrogens (tertiary/aromatic N) is 13. The number of aliphatic imine (C=N–C) groups is 1. The summed E-state index contributed by atoms with van der Waals surface area (Å²) in [6, 6.07) is 0. The summed E-state index contributed by atoms with van der Waals surface area (Å²) >= 11 is 0. The van der Waals surface area contributed by atoms with Crippen molar-refractivity contribution in [2.45, 2.75) is 105 Å². The summed E-state index contributed by atoms with van der Waals surface area (Å²) in [5.41, 5.74) is 14.8. The molecule has 12 rings (SSSR count). The molecule has 0 aromatic carbocycles. The van der Waals surface area contributed by atoms with Gasteiger partial charge in [-0.2, -0.15) is 13.6 Å². The molecule has 0 saturated carbocycles. The fourth-order valence-corrected chi connectivity index (χ4v) is 16.7. The molecule has 19 N–H and O–H groups in total. The molecule has 0 bridgehead atoms. The number of fused-ring (bicyclic) bond motifs is 4. The van der Waals surface area contributed by atoms with Crippen LogP contribution >= 0.6 is 39.1 Å². The number of ether oxygens (including phenoxy) is 5. The zero-order chi connectivity index (χ0) is 71.3. The van der Waals surface area contributed by atoms with Gasteiger partial charge in [0.05, 0.1) is 58.9 Å². The van der Waals surface area contributed by atoms with Crippen molar-refractivity contribution in [3.8, 4) is 0 Å². The maximum Gasteiger partial charge on any atom is 0.490 e. The molecule has 21 atom stereocenters. The van der Waals surface area contributed by atoms with Crippen LogP contribution in [0.15, 0.2) is 46.2 Å². The summed E-state index contributed by atoms with van der Waals surface area (Å²) in [6.45, 7) is -4.92. The number of H-pyrrole nitrogens is 2. The first-order valence-electron chi connectivity index (χ1n) is 28.4. The Balaban J connectivity index is 0.743. The van der Waals surface area contributed by atoms with Crippen molar-refractivity contribution in [3.05, 3.63) is 58.0 Å². The van der Waals surface area contributed by atoms with Gasteiger partial charge in [0, 0.05) is 14.2 Å². The topological polar surface area (TPSA) is 707 Å². The number of rotatable bonds is 26. The third-order valence-electron chi connectivity index (χ3n) is 15.6. The SMILES string of the molecule is CNc1ncnc2c1ncn2[C@@H]1O[C@H](COP(=O)(O)O[C@H]2[C@@H](OC)[C@H](n3cnc4c(=O)[nH]c(N)nc43)O[C@@H]2COP(=O)(O)OP(=O)(O)OP(=O)(O)OC[C@H]2O[C@@H]([n+]3cn(C)c4c(=O)[nH]c(N)nc43)[C@H](O)[C@@H]2O)[C@@H](OP(=O)(O)OC[C@H]2O[C@@H](n3cnc4c3N=C(N)CC4=O)[C@H](O)[C@@H]2O)[C@H]1O. The number of aryl methyl sites for hydroxylation is 1. The second-order valence-electron chi connectivity index (χ2n) is 22.1. The van der Waals surface area contributed by atoms with E-state index in [0.29, 0.717) is 0 Å². The lowest BCUT2D eigenvalue weighted by atomic mass is 10.1. The van der Waals surface area contributed by atoms with Gasteiger partial charge < -0.3 is 96.2 Å². The third-order valence-corrected chi connectivity index (χ3v) is 21.9. The van der Waals surface area contributed by atoms with Crippen LogP contribution in [0.3, 0.4) is 0 Å². The molecule has 7 aromatic heterocycles. The zero-order valence-corrected chi connectivity index (χ0v) is 55.0. The van der Waals surface area contributed by atoms with E-state index < -0.39 is 187 Å². The lowest BCUT2D eigenvalue weighted by molar-refractivity contribution is -0.745. The molecule has 12 heterocycles. The Labute approximate surface area is 548 Å². The molecule has 540 valence electrons. The molecule has 55 heteroatoms. The van der Waals surface area contributed by atoms with Gasteiger partial charge >= 0.3 is 44.8 Å². The Morgan fingerprint density at radius 2 is 1.14 bits per heavy atom. The first kappa shape index (κ1) is 72.0. The predicted octanol–water partition coefficient (Wildman–Crippen LogP) is -5.02. The van der Waals surface area contributed by atoms with Crippen LogP contribution in [0.1, 0.15) is 41.8 Å². The van der Waals surface area contributed by atoms with Crippen LogP contribution in [0.25, 0.3) is 33.5 Å². The highest BCUT2D eigenvalue weighted by atomic mass is 31.3. The number of anilines is 3. The fourth-order valence-electron chi connectivity index (χ4n) is 11.3. The van der Waals surface area contributed by atoms with Gasteiger partial charge in [-0.15, -0.1) is 0 Å². The van der Waals surface area contributed by atoms with E-state index in [1.54, 1.807) is 0 Å². The second kappa shape index (κ2) is 27.2. The van der Waals surface area contributed by atoms with Crippen LogP contribution in [-0.2, 0) is 89.3 Å². The number of aliphatic hydroxyl groups is 5. The van der Waals surface area contributed by atoms with E-state index in [1.165, 1.54) is 25.0 Å². The van der Waals surface area contributed by atoms with E-state index in [0.717, 1.165) is 50.7 Å². The monoisotopic (exact) mass is 1500 g/mol. The number of aromatic amines is 2. The third kappa shape index (κ3) is 14.4. The quantitative estimate of drug-likeness (QED) is 0.0178. The van der Waals surface area contributed by atoms with Gasteiger partial charge in [-0.05, 0) is 0 Å². The number of phosphoric acid groups is 5. The van der Waals surface area contributed by atoms with Gasteiger partial charge in [-0.1, -0.05) is 4.98 Å². The molecule has 50 nitrogen and oxygen atoms in total. The van der Waals surface area contributed by atoms with Crippen LogP contribution in [-0.4, -0.2) is 239 Å². The molecule has 5 aliphatic rings. The van der Waals surface area contributed by atoms with Gasteiger partial charge in [0.2, 0.25) is 17.7 Å². The minimum Gasteiger partial charge on any atom is -0.387 e. The van der Waals surface area contributed by atoms with E-state index >= 15 is 0 Å². The normalized spacial score (nSPS) is 31.1. The smallest absolute Gasteiger partial charge is 0.387 e. The average Bonchev–Trinajstić information content (AvgIpc) is 1.63. The van der Waals surface area contributed by atoms with Crippen molar-refractivity contribution in [1.29, 1.82) is 0 Å². The summed E-state index contributed by atoms with van der Waals surface area (Å²) in [4.78, 5) is 130. The Morgan fingerprint density at radius 3 is 1.80 bits per heavy atom. The van der Waals surface area contributed by atoms with E-state index in [-0.39, 0.29) is 69.0 Å². The standard InChI is InChI=1S/C44H58N19O31P5/c1-48-32-21-33(50-9-49-32)60(11-52-21)41-28(69)29(91-95(72,73)83-5-15-24(65)26(67)39(87-15)61-10-51-20-14(64)4-19(45)54-34(20)61)17(89-41)7-84-96(74,75)92-30-18(90-42(31(30)82-3)62-12-53-22-35(62)55-43(46)57-37(22)70)8-86-98(78,79)94-99(80,81)93-97(76,77)85-6-16-25(66)27(68)40(88-16)63-13-59(2)23-36(63)56-44(47)58-38(23)71/h9-13,15-18,24-31,39-42,65-69H,4-8H2,1-3H3,(H13-,45,46,47,48,49,50,54,55,56,57,58,64,70,71,72,73,74,75,76,77,78,79,80,81)/p+1/t15-,16-,17-,18-,24-,25-,26-,27-,28-,29-,30-,31-,39-,40-,41-,42-/m1/s1. The maximum absolute atomic E-state index is 14.3. The van der Waals surface area contributed by atoms with Crippen LogP contribution in [0, 0.1) is 0 Å². The van der Waals surface area contributed by atoms with Crippen molar-refractivity contribution in [1.82, 2.24) is 63.1 Å². The molecule has 0 amide bonds. The van der Waals surface area contributed by atoms with Crippen molar-refractivity contribution in [3.63, 3.8) is 0 Å². The molecule has 5 aliphatic heterocycles. The van der Waals surface area contributed by atoms with Crippen molar-refractivity contribution < 1.29 is 142 Å².